The van der Waals surface area contributed by atoms with E-state index >= 15 is 0 Å². The predicted octanol–water partition coefficient (Wildman–Crippen LogP) is 2.28. The quantitative estimate of drug-likeness (QED) is 0.550. The number of hydrogen-bond donors (Lipinski definition) is 1. The van der Waals surface area contributed by atoms with Crippen molar-refractivity contribution >= 4 is 11.4 Å². The lowest BCUT2D eigenvalue weighted by molar-refractivity contribution is -0.384. The zero-order chi connectivity index (χ0) is 17.5. The summed E-state index contributed by atoms with van der Waals surface area (Å²) >= 11 is 0. The van der Waals surface area contributed by atoms with Gasteiger partial charge in [0, 0.05) is 25.7 Å². The van der Waals surface area contributed by atoms with E-state index in [1.165, 1.54) is 12.1 Å². The Morgan fingerprint density at radius 1 is 1.33 bits per heavy atom. The second-order valence-corrected chi connectivity index (χ2v) is 6.05. The highest BCUT2D eigenvalue weighted by molar-refractivity contribution is 5.62. The lowest BCUT2D eigenvalue weighted by Crippen LogP contribution is -2.35. The fourth-order valence-corrected chi connectivity index (χ4v) is 2.97. The van der Waals surface area contributed by atoms with E-state index < -0.39 is 11.0 Å². The van der Waals surface area contributed by atoms with Crippen LogP contribution in [-0.4, -0.2) is 60.4 Å². The van der Waals surface area contributed by atoms with Crippen LogP contribution in [0, 0.1) is 10.1 Å². The average Bonchev–Trinajstić information content (AvgIpc) is 3.11. The van der Waals surface area contributed by atoms with E-state index in [-0.39, 0.29) is 12.3 Å². The molecule has 0 spiro atoms. The number of anilines is 1. The summed E-state index contributed by atoms with van der Waals surface area (Å²) in [6.45, 7) is 8.32. The molecule has 1 atom stereocenters. The normalized spacial score (nSPS) is 15.8. The molecule has 1 unspecified atom stereocenters. The van der Waals surface area contributed by atoms with E-state index in [1.807, 2.05) is 13.8 Å². The predicted molar refractivity (Wildman–Crippen MR) is 93.8 cm³/mol. The van der Waals surface area contributed by atoms with Gasteiger partial charge in [-0.3, -0.25) is 10.1 Å². The number of benzene rings is 1. The third-order valence-electron chi connectivity index (χ3n) is 4.40. The van der Waals surface area contributed by atoms with Crippen LogP contribution in [-0.2, 0) is 0 Å². The van der Waals surface area contributed by atoms with Gasteiger partial charge in [0.25, 0.3) is 5.69 Å². The van der Waals surface area contributed by atoms with Crippen molar-refractivity contribution in [2.75, 3.05) is 44.2 Å². The number of rotatable bonds is 9. The smallest absolute Gasteiger partial charge is 0.273 e. The van der Waals surface area contributed by atoms with E-state index in [4.69, 9.17) is 4.74 Å². The molecule has 7 heteroatoms. The molecular weight excluding hydrogens is 310 g/mol. The van der Waals surface area contributed by atoms with Crippen molar-refractivity contribution in [1.29, 1.82) is 0 Å². The minimum absolute atomic E-state index is 0.00572. The molecule has 1 aromatic rings. The number of aliphatic hydroxyl groups is 1. The van der Waals surface area contributed by atoms with Crippen molar-refractivity contribution in [2.24, 2.45) is 0 Å². The van der Waals surface area contributed by atoms with Crippen molar-refractivity contribution in [3.05, 3.63) is 28.3 Å². The molecule has 0 aliphatic carbocycles. The van der Waals surface area contributed by atoms with E-state index in [0.29, 0.717) is 12.3 Å². The van der Waals surface area contributed by atoms with Crippen LogP contribution in [0.5, 0.6) is 5.75 Å². The molecule has 0 bridgehead atoms. The first-order chi connectivity index (χ1) is 11.5. The topological polar surface area (TPSA) is 79.1 Å². The molecule has 0 radical (unpaired) electrons. The second-order valence-electron chi connectivity index (χ2n) is 6.05. The van der Waals surface area contributed by atoms with Crippen molar-refractivity contribution in [1.82, 2.24) is 4.90 Å². The Bertz CT molecular complexity index is 543. The molecular formula is C17H27N3O4. The summed E-state index contributed by atoms with van der Waals surface area (Å²) in [6, 6.07) is 4.71. The molecule has 1 saturated heterocycles. The molecule has 0 aromatic heterocycles. The number of non-ortho nitro benzene ring substituents is 1. The zero-order valence-corrected chi connectivity index (χ0v) is 14.5. The van der Waals surface area contributed by atoms with Gasteiger partial charge >= 0.3 is 0 Å². The standard InChI is InChI=1S/C17H27N3O4/c1-3-18(4-2)12-15(21)13-24-17-11-14(20(22)23)7-8-16(17)19-9-5-6-10-19/h7-8,11,15,21H,3-6,9-10,12-13H2,1-2H3. The van der Waals surface area contributed by atoms with Gasteiger partial charge in [-0.05, 0) is 32.0 Å². The fourth-order valence-electron chi connectivity index (χ4n) is 2.97. The van der Waals surface area contributed by atoms with Gasteiger partial charge in [0.2, 0.25) is 0 Å². The maximum Gasteiger partial charge on any atom is 0.273 e. The first-order valence-corrected chi connectivity index (χ1v) is 8.61. The second kappa shape index (κ2) is 8.84. The Kier molecular flexibility index (Phi) is 6.81. The number of ether oxygens (including phenoxy) is 1. The number of nitrogens with zero attached hydrogens (tertiary/aromatic N) is 3. The molecule has 1 fully saturated rings. The lowest BCUT2D eigenvalue weighted by Gasteiger charge is -2.24. The summed E-state index contributed by atoms with van der Waals surface area (Å²) in [5.41, 5.74) is 0.874. The Balaban J connectivity index is 2.08. The minimum Gasteiger partial charge on any atom is -0.488 e. The van der Waals surface area contributed by atoms with Crippen LogP contribution in [0.3, 0.4) is 0 Å². The van der Waals surface area contributed by atoms with E-state index in [2.05, 4.69) is 9.80 Å². The number of likely N-dealkylation sites (N-methyl/N-ethyl adjacent to an activating group) is 1. The van der Waals surface area contributed by atoms with Gasteiger partial charge in [0.15, 0.2) is 0 Å². The first-order valence-electron chi connectivity index (χ1n) is 8.61. The maximum absolute atomic E-state index is 11.0. The summed E-state index contributed by atoms with van der Waals surface area (Å²) in [5.74, 6) is 0.477. The number of hydrogen-bond acceptors (Lipinski definition) is 6. The van der Waals surface area contributed by atoms with Gasteiger partial charge in [0.05, 0.1) is 16.7 Å². The Morgan fingerprint density at radius 3 is 2.58 bits per heavy atom. The molecule has 0 amide bonds. The number of nitro benzene ring substituents is 1. The largest absolute Gasteiger partial charge is 0.488 e. The van der Waals surface area contributed by atoms with Gasteiger partial charge in [-0.1, -0.05) is 13.8 Å². The highest BCUT2D eigenvalue weighted by Crippen LogP contribution is 2.34. The Morgan fingerprint density at radius 2 is 2.00 bits per heavy atom. The first kappa shape index (κ1) is 18.5. The monoisotopic (exact) mass is 337 g/mol. The van der Waals surface area contributed by atoms with Crippen molar-refractivity contribution in [2.45, 2.75) is 32.8 Å². The van der Waals surface area contributed by atoms with Gasteiger partial charge in [0.1, 0.15) is 18.5 Å². The van der Waals surface area contributed by atoms with Crippen LogP contribution in [0.25, 0.3) is 0 Å². The SMILES string of the molecule is CCN(CC)CC(O)COc1cc([N+](=O)[O-])ccc1N1CCCC1. The summed E-state index contributed by atoms with van der Waals surface area (Å²) < 4.78 is 5.77. The number of nitro groups is 1. The van der Waals surface area contributed by atoms with Gasteiger partial charge in [-0.15, -0.1) is 0 Å². The van der Waals surface area contributed by atoms with Crippen LogP contribution < -0.4 is 9.64 Å². The molecule has 24 heavy (non-hydrogen) atoms. The summed E-state index contributed by atoms with van der Waals surface area (Å²) in [4.78, 5) is 14.9. The minimum atomic E-state index is -0.629. The van der Waals surface area contributed by atoms with Gasteiger partial charge in [-0.25, -0.2) is 0 Å². The molecule has 1 heterocycles. The molecule has 1 aromatic carbocycles. The highest BCUT2D eigenvalue weighted by atomic mass is 16.6. The fraction of sp³-hybridized carbons (Fsp3) is 0.647. The molecule has 1 N–H and O–H groups in total. The maximum atomic E-state index is 11.0. The van der Waals surface area contributed by atoms with E-state index in [1.54, 1.807) is 6.07 Å². The molecule has 1 aliphatic heterocycles. The van der Waals surface area contributed by atoms with Crippen molar-refractivity contribution in [3.63, 3.8) is 0 Å². The van der Waals surface area contributed by atoms with Crippen LogP contribution in [0.15, 0.2) is 18.2 Å². The van der Waals surface area contributed by atoms with Crippen LogP contribution in [0.1, 0.15) is 26.7 Å². The molecule has 134 valence electrons. The van der Waals surface area contributed by atoms with Crippen LogP contribution >= 0.6 is 0 Å². The van der Waals surface area contributed by atoms with Gasteiger partial charge in [-0.2, -0.15) is 0 Å². The molecule has 0 saturated carbocycles. The Hall–Kier alpha value is -1.86. The highest BCUT2D eigenvalue weighted by Gasteiger charge is 2.20. The van der Waals surface area contributed by atoms with Crippen molar-refractivity contribution < 1.29 is 14.8 Å². The third kappa shape index (κ3) is 4.82. The summed E-state index contributed by atoms with van der Waals surface area (Å²) in [6.07, 6.45) is 1.60. The number of aliphatic hydroxyl groups excluding tert-OH is 1. The Labute approximate surface area is 143 Å². The van der Waals surface area contributed by atoms with Crippen LogP contribution in [0.4, 0.5) is 11.4 Å². The lowest BCUT2D eigenvalue weighted by atomic mass is 10.2. The average molecular weight is 337 g/mol. The van der Waals surface area contributed by atoms with Crippen molar-refractivity contribution in [3.8, 4) is 5.75 Å². The molecule has 1 aliphatic rings. The summed E-state index contributed by atoms with van der Waals surface area (Å²) in [7, 11) is 0. The zero-order valence-electron chi connectivity index (χ0n) is 14.5. The molecule has 7 nitrogen and oxygen atoms in total. The third-order valence-corrected chi connectivity index (χ3v) is 4.40. The molecule has 2 rings (SSSR count). The van der Waals surface area contributed by atoms with E-state index in [9.17, 15) is 15.2 Å². The van der Waals surface area contributed by atoms with Crippen LogP contribution in [0.2, 0.25) is 0 Å². The van der Waals surface area contributed by atoms with E-state index in [0.717, 1.165) is 44.7 Å². The van der Waals surface area contributed by atoms with Gasteiger partial charge < -0.3 is 19.6 Å². The summed E-state index contributed by atoms with van der Waals surface area (Å²) in [5, 5.41) is 21.2.